The van der Waals surface area contributed by atoms with Crippen LogP contribution in [-0.2, 0) is 20.2 Å². The monoisotopic (exact) mass is 821 g/mol. The molecule has 0 amide bonds. The molecule has 56 heavy (non-hydrogen) atoms. The van der Waals surface area contributed by atoms with Crippen molar-refractivity contribution in [3.63, 3.8) is 0 Å². The molecule has 1 saturated heterocycles. The average molecular weight is 822 g/mol. The lowest BCUT2D eigenvalue weighted by Crippen LogP contribution is -2.42. The van der Waals surface area contributed by atoms with E-state index in [4.69, 9.17) is 0 Å². The Hall–Kier alpha value is -3.21. The average Bonchev–Trinajstić information content (AvgIpc) is 3.40. The van der Waals surface area contributed by atoms with Gasteiger partial charge in [-0.05, 0) is 68.1 Å². The van der Waals surface area contributed by atoms with Gasteiger partial charge in [0, 0.05) is 84.1 Å². The van der Waals surface area contributed by atoms with Crippen LogP contribution in [0.5, 0.6) is 0 Å². The molecule has 6 unspecified atom stereocenters. The Labute approximate surface area is 332 Å². The molecule has 0 aromatic rings. The minimum atomic E-state index is -4.12. The van der Waals surface area contributed by atoms with Crippen molar-refractivity contribution in [1.82, 2.24) is 4.90 Å². The standard InChI is InChI=1S/C40H60N4O10S2/c1-38(2)26-28(11-7-13-36-39(3,4)32-24-30(43(45)46)15-17-34(32)41(36)19-9-21-55(49,50)51)23-29(27-38)12-8-14-37-40(5,6)33-25-31(44(47)48)16-18-35(33)42(37)20-10-22-56(52,53)54/h7-8,11-14,23,30-35H,9-10,15-22,24-27H2,1-6H3,(H-,49,50,51,52,53,54)/p+1. The van der Waals surface area contributed by atoms with Crippen molar-refractivity contribution in [3.8, 4) is 0 Å². The van der Waals surface area contributed by atoms with Gasteiger partial charge in [0.05, 0.1) is 16.9 Å². The number of fused-ring (bicyclic) bond motifs is 2. The van der Waals surface area contributed by atoms with E-state index in [1.54, 1.807) is 0 Å². The van der Waals surface area contributed by atoms with E-state index in [1.165, 1.54) is 0 Å². The van der Waals surface area contributed by atoms with Gasteiger partial charge in [-0.1, -0.05) is 58.1 Å². The highest BCUT2D eigenvalue weighted by Crippen LogP contribution is 2.54. The maximum atomic E-state index is 11.8. The van der Waals surface area contributed by atoms with Crippen molar-refractivity contribution >= 4 is 25.9 Å². The van der Waals surface area contributed by atoms with Crippen molar-refractivity contribution in [2.24, 2.45) is 28.1 Å². The second-order valence-corrected chi connectivity index (χ2v) is 21.7. The predicted molar refractivity (Wildman–Crippen MR) is 216 cm³/mol. The Morgan fingerprint density at radius 3 is 2.02 bits per heavy atom. The third-order valence-corrected chi connectivity index (χ3v) is 14.8. The van der Waals surface area contributed by atoms with Crippen LogP contribution in [0.3, 0.4) is 0 Å². The molecule has 6 atom stereocenters. The first-order chi connectivity index (χ1) is 25.9. The van der Waals surface area contributed by atoms with E-state index in [0.29, 0.717) is 51.6 Å². The molecule has 2 heterocycles. The van der Waals surface area contributed by atoms with Crippen molar-refractivity contribution in [2.75, 3.05) is 24.6 Å². The number of rotatable bonds is 14. The number of allylic oxidation sites excluding steroid dienone is 10. The minimum absolute atomic E-state index is 0.0315. The zero-order valence-corrected chi connectivity index (χ0v) is 35.3. The van der Waals surface area contributed by atoms with Crippen LogP contribution in [0.2, 0.25) is 0 Å². The van der Waals surface area contributed by atoms with E-state index in [0.717, 1.165) is 35.4 Å². The van der Waals surface area contributed by atoms with E-state index in [2.05, 4.69) is 81.4 Å². The number of nitrogens with zero attached hydrogens (tertiary/aromatic N) is 4. The van der Waals surface area contributed by atoms with Gasteiger partial charge in [0.15, 0.2) is 11.8 Å². The highest BCUT2D eigenvalue weighted by atomic mass is 32.2. The zero-order valence-electron chi connectivity index (χ0n) is 33.7. The van der Waals surface area contributed by atoms with Gasteiger partial charge in [0.1, 0.15) is 6.54 Å². The lowest BCUT2D eigenvalue weighted by atomic mass is 9.68. The van der Waals surface area contributed by atoms with Crippen LogP contribution in [0.4, 0.5) is 0 Å². The third-order valence-electron chi connectivity index (χ3n) is 13.2. The number of likely N-dealkylation sites (tertiary alicyclic amines) is 1. The zero-order chi connectivity index (χ0) is 41.4. The Kier molecular flexibility index (Phi) is 13.0. The number of nitro groups is 2. The van der Waals surface area contributed by atoms with Crippen LogP contribution in [0.15, 0.2) is 59.4 Å². The predicted octanol–water partition coefficient (Wildman–Crippen LogP) is 6.67. The molecule has 5 aliphatic rings. The summed E-state index contributed by atoms with van der Waals surface area (Å²) in [5.41, 5.74) is 3.50. The van der Waals surface area contributed by atoms with Gasteiger partial charge in [0.25, 0.3) is 20.2 Å². The SMILES string of the molecule is CC1(C)CC(/C=C/C=C2/N(CCCS(=O)(=O)O)C3CCC([N+](=O)[O-])CC3C2(C)C)=CC(=C/C=C/C2=[N+](CCCS(=O)(=O)O)C3CCC([N+](=O)[O-])CC3C2(C)C)/C1. The molecular weight excluding hydrogens is 761 g/mol. The first-order valence-electron chi connectivity index (χ1n) is 19.9. The molecule has 312 valence electrons. The summed E-state index contributed by atoms with van der Waals surface area (Å²) in [6.07, 6.45) is 19.9. The van der Waals surface area contributed by atoms with E-state index >= 15 is 0 Å². The molecule has 0 bridgehead atoms. The minimum Gasteiger partial charge on any atom is -0.371 e. The first-order valence-corrected chi connectivity index (χ1v) is 23.2. The Morgan fingerprint density at radius 2 is 1.39 bits per heavy atom. The smallest absolute Gasteiger partial charge is 0.265 e. The molecular formula is C40H61N4O10S2+. The molecule has 0 aromatic carbocycles. The molecule has 2 aliphatic heterocycles. The second kappa shape index (κ2) is 16.6. The Morgan fingerprint density at radius 1 is 0.804 bits per heavy atom. The topological polar surface area (TPSA) is 201 Å². The van der Waals surface area contributed by atoms with Crippen molar-refractivity contribution in [3.05, 3.63) is 79.6 Å². The normalized spacial score (nSPS) is 31.6. The summed E-state index contributed by atoms with van der Waals surface area (Å²) in [5.74, 6) is -0.629. The number of hydrogen-bond acceptors (Lipinski definition) is 9. The van der Waals surface area contributed by atoms with Gasteiger partial charge in [0.2, 0.25) is 12.1 Å². The molecule has 2 N–H and O–H groups in total. The summed E-state index contributed by atoms with van der Waals surface area (Å²) < 4.78 is 67.2. The van der Waals surface area contributed by atoms with Gasteiger partial charge in [-0.15, -0.1) is 0 Å². The maximum absolute atomic E-state index is 11.8. The number of hydrogen-bond donors (Lipinski definition) is 2. The molecule has 0 radical (unpaired) electrons. The molecule has 14 nitrogen and oxygen atoms in total. The largest absolute Gasteiger partial charge is 0.371 e. The summed E-state index contributed by atoms with van der Waals surface area (Å²) in [6, 6.07) is -1.10. The fourth-order valence-corrected chi connectivity index (χ4v) is 11.7. The van der Waals surface area contributed by atoms with Crippen LogP contribution in [-0.4, -0.2) is 99.7 Å². The van der Waals surface area contributed by atoms with Crippen LogP contribution in [0.1, 0.15) is 106 Å². The van der Waals surface area contributed by atoms with Gasteiger partial charge in [-0.3, -0.25) is 29.3 Å². The molecule has 0 spiro atoms. The van der Waals surface area contributed by atoms with E-state index < -0.39 is 32.3 Å². The first kappa shape index (κ1) is 43.9. The Bertz CT molecular complexity index is 1960. The van der Waals surface area contributed by atoms with Crippen LogP contribution < -0.4 is 0 Å². The molecule has 5 rings (SSSR count). The van der Waals surface area contributed by atoms with E-state index in [1.807, 2.05) is 12.2 Å². The third kappa shape index (κ3) is 10.3. The van der Waals surface area contributed by atoms with E-state index in [-0.39, 0.29) is 74.4 Å². The lowest BCUT2D eigenvalue weighted by molar-refractivity contribution is -0.580. The van der Waals surface area contributed by atoms with Crippen LogP contribution in [0, 0.1) is 48.3 Å². The fourth-order valence-electron chi connectivity index (χ4n) is 10.7. The van der Waals surface area contributed by atoms with Crippen LogP contribution >= 0.6 is 0 Å². The van der Waals surface area contributed by atoms with Crippen molar-refractivity contribution in [1.29, 1.82) is 0 Å². The van der Waals surface area contributed by atoms with Gasteiger partial charge in [-0.2, -0.15) is 16.8 Å². The fraction of sp³-hybridized carbons (Fsp3) is 0.725. The quantitative estimate of drug-likeness (QED) is 0.0820. The molecule has 16 heteroatoms. The summed E-state index contributed by atoms with van der Waals surface area (Å²) >= 11 is 0. The summed E-state index contributed by atoms with van der Waals surface area (Å²) in [4.78, 5) is 25.4. The summed E-state index contributed by atoms with van der Waals surface area (Å²) in [7, 11) is -8.24. The van der Waals surface area contributed by atoms with Crippen molar-refractivity contribution < 1.29 is 40.4 Å². The van der Waals surface area contributed by atoms with Gasteiger partial charge < -0.3 is 4.90 Å². The van der Waals surface area contributed by atoms with Gasteiger partial charge >= 0.3 is 0 Å². The lowest BCUT2D eigenvalue weighted by Gasteiger charge is -2.35. The highest BCUT2D eigenvalue weighted by Gasteiger charge is 2.58. The summed E-state index contributed by atoms with van der Waals surface area (Å²) in [5, 5.41) is 23.5. The Balaban J connectivity index is 1.41. The molecule has 2 saturated carbocycles. The second-order valence-electron chi connectivity index (χ2n) is 18.6. The highest BCUT2D eigenvalue weighted by molar-refractivity contribution is 7.86. The van der Waals surface area contributed by atoms with Crippen molar-refractivity contribution in [2.45, 2.75) is 130 Å². The molecule has 3 aliphatic carbocycles. The summed E-state index contributed by atoms with van der Waals surface area (Å²) in [6.45, 7) is 13.7. The van der Waals surface area contributed by atoms with E-state index in [9.17, 15) is 46.2 Å². The maximum Gasteiger partial charge on any atom is 0.265 e. The molecule has 3 fully saturated rings. The van der Waals surface area contributed by atoms with Crippen LogP contribution in [0.25, 0.3) is 0 Å². The van der Waals surface area contributed by atoms with Gasteiger partial charge in [-0.25, -0.2) is 4.58 Å². The molecule has 0 aromatic heterocycles.